The van der Waals surface area contributed by atoms with Crippen LogP contribution in [0.5, 0.6) is 17.2 Å². The van der Waals surface area contributed by atoms with Crippen molar-refractivity contribution in [3.8, 4) is 17.2 Å². The Labute approximate surface area is 183 Å². The minimum Gasteiger partial charge on any atom is -0.497 e. The largest absolute Gasteiger partial charge is 0.497 e. The summed E-state index contributed by atoms with van der Waals surface area (Å²) in [5.41, 5.74) is 4.75. The molecular formula is C26H27ClO3. The quantitative estimate of drug-likeness (QED) is 0.409. The van der Waals surface area contributed by atoms with Crippen LogP contribution < -0.4 is 14.2 Å². The Hall–Kier alpha value is -2.91. The third-order valence-electron chi connectivity index (χ3n) is 5.06. The number of hydrogen-bond acceptors (Lipinski definition) is 3. The fourth-order valence-electron chi connectivity index (χ4n) is 3.28. The van der Waals surface area contributed by atoms with Crippen molar-refractivity contribution < 1.29 is 14.2 Å². The second-order valence-corrected chi connectivity index (χ2v) is 7.54. The Balaban J connectivity index is 1.85. The Kier molecular flexibility index (Phi) is 7.81. The van der Waals surface area contributed by atoms with E-state index in [1.165, 1.54) is 16.7 Å². The maximum Gasteiger partial charge on any atom is 0.118 e. The van der Waals surface area contributed by atoms with Gasteiger partial charge in [-0.3, -0.25) is 0 Å². The summed E-state index contributed by atoms with van der Waals surface area (Å²) in [6.45, 7) is 0. The second-order valence-electron chi connectivity index (χ2n) is 7.08. The van der Waals surface area contributed by atoms with Crippen molar-refractivity contribution in [1.82, 2.24) is 0 Å². The van der Waals surface area contributed by atoms with Gasteiger partial charge in [0.25, 0.3) is 0 Å². The van der Waals surface area contributed by atoms with Gasteiger partial charge in [-0.25, -0.2) is 0 Å². The molecule has 0 amide bonds. The SMILES string of the molecule is COc1ccc(CC(Cl)=C(Cc2ccc(OC)cc2)Cc2ccc(OC)cc2)cc1. The molecule has 30 heavy (non-hydrogen) atoms. The zero-order valence-electron chi connectivity index (χ0n) is 17.7. The van der Waals surface area contributed by atoms with Crippen LogP contribution in [0, 0.1) is 0 Å². The molecule has 0 atom stereocenters. The van der Waals surface area contributed by atoms with E-state index in [0.29, 0.717) is 6.42 Å². The number of rotatable bonds is 9. The normalized spacial score (nSPS) is 10.4. The van der Waals surface area contributed by atoms with Gasteiger partial charge in [0.1, 0.15) is 17.2 Å². The molecule has 0 saturated heterocycles. The fourth-order valence-corrected chi connectivity index (χ4v) is 3.57. The lowest BCUT2D eigenvalue weighted by atomic mass is 9.96. The van der Waals surface area contributed by atoms with Gasteiger partial charge in [0.2, 0.25) is 0 Å². The predicted molar refractivity (Wildman–Crippen MR) is 123 cm³/mol. The minimum absolute atomic E-state index is 0.688. The maximum atomic E-state index is 6.87. The highest BCUT2D eigenvalue weighted by Gasteiger charge is 2.10. The highest BCUT2D eigenvalue weighted by molar-refractivity contribution is 6.30. The van der Waals surface area contributed by atoms with Crippen LogP contribution in [0.15, 0.2) is 83.4 Å². The van der Waals surface area contributed by atoms with Gasteiger partial charge in [0.15, 0.2) is 0 Å². The summed E-state index contributed by atoms with van der Waals surface area (Å²) in [5, 5.41) is 0.867. The average molecular weight is 423 g/mol. The molecular weight excluding hydrogens is 396 g/mol. The van der Waals surface area contributed by atoms with Crippen molar-refractivity contribution in [2.24, 2.45) is 0 Å². The van der Waals surface area contributed by atoms with Gasteiger partial charge in [0, 0.05) is 11.5 Å². The number of ether oxygens (including phenoxy) is 3. The molecule has 3 rings (SSSR count). The summed E-state index contributed by atoms with van der Waals surface area (Å²) in [6, 6.07) is 24.3. The lowest BCUT2D eigenvalue weighted by Gasteiger charge is -2.13. The summed E-state index contributed by atoms with van der Waals surface area (Å²) in [4.78, 5) is 0. The number of methoxy groups -OCH3 is 3. The monoisotopic (exact) mass is 422 g/mol. The molecule has 156 valence electrons. The molecule has 0 N–H and O–H groups in total. The van der Waals surface area contributed by atoms with E-state index in [-0.39, 0.29) is 0 Å². The molecule has 0 unspecified atom stereocenters. The molecule has 0 heterocycles. The summed E-state index contributed by atoms with van der Waals surface area (Å²) in [5.74, 6) is 2.54. The molecule has 3 aromatic carbocycles. The van der Waals surface area contributed by atoms with Crippen molar-refractivity contribution >= 4 is 11.6 Å². The van der Waals surface area contributed by atoms with Gasteiger partial charge in [-0.15, -0.1) is 0 Å². The van der Waals surface area contributed by atoms with Crippen molar-refractivity contribution in [1.29, 1.82) is 0 Å². The van der Waals surface area contributed by atoms with Crippen molar-refractivity contribution in [2.45, 2.75) is 19.3 Å². The zero-order valence-corrected chi connectivity index (χ0v) is 18.4. The first-order valence-corrected chi connectivity index (χ1v) is 10.2. The standard InChI is InChI=1S/C26H27ClO3/c1-28-23-10-4-19(5-11-23)16-22(17-20-6-12-24(29-2)13-7-20)26(27)18-21-8-14-25(30-3)15-9-21/h4-15H,16-18H2,1-3H3. The van der Waals surface area contributed by atoms with Crippen LogP contribution in [-0.4, -0.2) is 21.3 Å². The first-order chi connectivity index (χ1) is 14.6. The molecule has 3 aromatic rings. The first-order valence-electron chi connectivity index (χ1n) is 9.86. The molecule has 3 nitrogen and oxygen atoms in total. The molecule has 0 radical (unpaired) electrons. The van der Waals surface area contributed by atoms with E-state index in [1.807, 2.05) is 36.4 Å². The topological polar surface area (TPSA) is 27.7 Å². The summed E-state index contributed by atoms with van der Waals surface area (Å²) >= 11 is 6.87. The molecule has 0 aliphatic rings. The van der Waals surface area contributed by atoms with E-state index in [4.69, 9.17) is 25.8 Å². The van der Waals surface area contributed by atoms with E-state index in [0.717, 1.165) is 40.7 Å². The molecule has 0 aliphatic heterocycles. The average Bonchev–Trinajstić information content (AvgIpc) is 2.80. The van der Waals surface area contributed by atoms with Crippen LogP contribution in [0.25, 0.3) is 0 Å². The van der Waals surface area contributed by atoms with Gasteiger partial charge < -0.3 is 14.2 Å². The van der Waals surface area contributed by atoms with Crippen molar-refractivity contribution in [3.05, 3.63) is 100 Å². The Morgan fingerprint density at radius 2 is 0.833 bits per heavy atom. The highest BCUT2D eigenvalue weighted by Crippen LogP contribution is 2.26. The third kappa shape index (κ3) is 6.04. The van der Waals surface area contributed by atoms with Crippen LogP contribution in [0.2, 0.25) is 0 Å². The number of halogens is 1. The molecule has 0 bridgehead atoms. The van der Waals surface area contributed by atoms with Crippen LogP contribution in [-0.2, 0) is 19.3 Å². The van der Waals surface area contributed by atoms with Crippen LogP contribution in [0.3, 0.4) is 0 Å². The molecule has 4 heteroatoms. The molecule has 0 aromatic heterocycles. The highest BCUT2D eigenvalue weighted by atomic mass is 35.5. The van der Waals surface area contributed by atoms with Gasteiger partial charge in [0.05, 0.1) is 21.3 Å². The lowest BCUT2D eigenvalue weighted by molar-refractivity contribution is 0.414. The maximum absolute atomic E-state index is 6.87. The van der Waals surface area contributed by atoms with Crippen LogP contribution >= 0.6 is 11.6 Å². The second kappa shape index (κ2) is 10.7. The van der Waals surface area contributed by atoms with Crippen molar-refractivity contribution in [3.63, 3.8) is 0 Å². The van der Waals surface area contributed by atoms with E-state index < -0.39 is 0 Å². The third-order valence-corrected chi connectivity index (χ3v) is 5.46. The fraction of sp³-hybridized carbons (Fsp3) is 0.231. The Morgan fingerprint density at radius 1 is 0.533 bits per heavy atom. The summed E-state index contributed by atoms with van der Waals surface area (Å²) < 4.78 is 15.8. The molecule has 0 spiro atoms. The van der Waals surface area contributed by atoms with Gasteiger partial charge in [-0.1, -0.05) is 48.0 Å². The van der Waals surface area contributed by atoms with E-state index in [2.05, 4.69) is 36.4 Å². The first kappa shape index (κ1) is 21.8. The zero-order chi connectivity index (χ0) is 21.3. The Morgan fingerprint density at radius 3 is 1.13 bits per heavy atom. The number of allylic oxidation sites excluding steroid dienone is 2. The number of hydrogen-bond donors (Lipinski definition) is 0. The summed E-state index contributed by atoms with van der Waals surface area (Å²) in [7, 11) is 5.02. The van der Waals surface area contributed by atoms with Gasteiger partial charge in [-0.2, -0.15) is 0 Å². The van der Waals surface area contributed by atoms with Crippen molar-refractivity contribution in [2.75, 3.05) is 21.3 Å². The predicted octanol–water partition coefficient (Wildman–Crippen LogP) is 6.23. The van der Waals surface area contributed by atoms with Gasteiger partial charge >= 0.3 is 0 Å². The molecule has 0 saturated carbocycles. The number of benzene rings is 3. The Bertz CT molecular complexity index is 907. The minimum atomic E-state index is 0.688. The van der Waals surface area contributed by atoms with Crippen LogP contribution in [0.1, 0.15) is 16.7 Å². The smallest absolute Gasteiger partial charge is 0.118 e. The summed E-state index contributed by atoms with van der Waals surface area (Å²) in [6.07, 6.45) is 2.25. The van der Waals surface area contributed by atoms with Crippen LogP contribution in [0.4, 0.5) is 0 Å². The lowest BCUT2D eigenvalue weighted by Crippen LogP contribution is -2.01. The molecule has 0 fully saturated rings. The van der Waals surface area contributed by atoms with E-state index >= 15 is 0 Å². The molecule has 0 aliphatic carbocycles. The van der Waals surface area contributed by atoms with E-state index in [1.54, 1.807) is 21.3 Å². The van der Waals surface area contributed by atoms with E-state index in [9.17, 15) is 0 Å². The van der Waals surface area contributed by atoms with Gasteiger partial charge in [-0.05, 0) is 71.5 Å².